The Bertz CT molecular complexity index is 339. The van der Waals surface area contributed by atoms with Crippen molar-refractivity contribution in [1.82, 2.24) is 0 Å². The van der Waals surface area contributed by atoms with Gasteiger partial charge >= 0.3 is 0 Å². The summed E-state index contributed by atoms with van der Waals surface area (Å²) in [6.45, 7) is 1.97. The zero-order valence-corrected chi connectivity index (χ0v) is 8.93. The SMILES string of the molecule is Cc1cc(SCCC(N)=O)ccc1N. The Labute approximate surface area is 87.9 Å². The first-order valence-electron chi connectivity index (χ1n) is 4.37. The van der Waals surface area contributed by atoms with Crippen LogP contribution in [0.15, 0.2) is 23.1 Å². The lowest BCUT2D eigenvalue weighted by Gasteiger charge is -2.03. The van der Waals surface area contributed by atoms with E-state index in [0.717, 1.165) is 21.9 Å². The van der Waals surface area contributed by atoms with Crippen molar-refractivity contribution in [3.8, 4) is 0 Å². The Balaban J connectivity index is 2.51. The van der Waals surface area contributed by atoms with Gasteiger partial charge in [-0.15, -0.1) is 11.8 Å². The molecule has 0 saturated carbocycles. The fourth-order valence-electron chi connectivity index (χ4n) is 1.01. The van der Waals surface area contributed by atoms with Crippen molar-refractivity contribution in [2.45, 2.75) is 18.2 Å². The Morgan fingerprint density at radius 2 is 2.21 bits per heavy atom. The van der Waals surface area contributed by atoms with Crippen LogP contribution in [0.3, 0.4) is 0 Å². The average Bonchev–Trinajstić information content (AvgIpc) is 2.10. The molecule has 0 heterocycles. The summed E-state index contributed by atoms with van der Waals surface area (Å²) >= 11 is 1.62. The van der Waals surface area contributed by atoms with E-state index >= 15 is 0 Å². The van der Waals surface area contributed by atoms with Crippen molar-refractivity contribution in [1.29, 1.82) is 0 Å². The summed E-state index contributed by atoms with van der Waals surface area (Å²) in [5, 5.41) is 0. The van der Waals surface area contributed by atoms with Crippen molar-refractivity contribution < 1.29 is 4.79 Å². The highest BCUT2D eigenvalue weighted by Crippen LogP contribution is 2.22. The van der Waals surface area contributed by atoms with Crippen LogP contribution >= 0.6 is 11.8 Å². The highest BCUT2D eigenvalue weighted by atomic mass is 32.2. The summed E-state index contributed by atoms with van der Waals surface area (Å²) in [5.41, 5.74) is 12.6. The molecule has 1 aromatic rings. The first-order valence-corrected chi connectivity index (χ1v) is 5.35. The lowest BCUT2D eigenvalue weighted by atomic mass is 10.2. The third-order valence-corrected chi connectivity index (χ3v) is 2.85. The van der Waals surface area contributed by atoms with Crippen LogP contribution in [-0.4, -0.2) is 11.7 Å². The molecule has 0 atom stereocenters. The second-order valence-corrected chi connectivity index (χ2v) is 4.25. The van der Waals surface area contributed by atoms with Crippen molar-refractivity contribution in [2.24, 2.45) is 5.73 Å². The molecule has 14 heavy (non-hydrogen) atoms. The van der Waals surface area contributed by atoms with E-state index in [1.165, 1.54) is 0 Å². The van der Waals surface area contributed by atoms with Crippen molar-refractivity contribution in [3.63, 3.8) is 0 Å². The highest BCUT2D eigenvalue weighted by Gasteiger charge is 1.99. The molecule has 0 aromatic heterocycles. The van der Waals surface area contributed by atoms with E-state index < -0.39 is 0 Å². The van der Waals surface area contributed by atoms with Gasteiger partial charge in [0.05, 0.1) is 0 Å². The molecule has 3 nitrogen and oxygen atoms in total. The second kappa shape index (κ2) is 4.91. The molecule has 0 spiro atoms. The number of amides is 1. The van der Waals surface area contributed by atoms with Gasteiger partial charge in [0, 0.05) is 22.8 Å². The predicted octanol–water partition coefficient (Wildman–Crippen LogP) is 1.54. The summed E-state index contributed by atoms with van der Waals surface area (Å²) in [4.78, 5) is 11.6. The summed E-state index contributed by atoms with van der Waals surface area (Å²) in [5.74, 6) is 0.461. The van der Waals surface area contributed by atoms with Crippen LogP contribution in [0.4, 0.5) is 5.69 Å². The standard InChI is InChI=1S/C10H14N2OS/c1-7-6-8(2-3-9(7)11)14-5-4-10(12)13/h2-3,6H,4-5,11H2,1H3,(H2,12,13). The highest BCUT2D eigenvalue weighted by molar-refractivity contribution is 7.99. The van der Waals surface area contributed by atoms with E-state index in [9.17, 15) is 4.79 Å². The number of rotatable bonds is 4. The molecule has 1 aromatic carbocycles. The van der Waals surface area contributed by atoms with Crippen LogP contribution in [-0.2, 0) is 4.79 Å². The first-order chi connectivity index (χ1) is 6.59. The zero-order valence-electron chi connectivity index (χ0n) is 8.12. The van der Waals surface area contributed by atoms with E-state index in [1.54, 1.807) is 11.8 Å². The van der Waals surface area contributed by atoms with Crippen molar-refractivity contribution in [3.05, 3.63) is 23.8 Å². The van der Waals surface area contributed by atoms with Crippen LogP contribution in [0.1, 0.15) is 12.0 Å². The molecule has 0 fully saturated rings. The number of hydrogen-bond donors (Lipinski definition) is 2. The number of hydrogen-bond acceptors (Lipinski definition) is 3. The fraction of sp³-hybridized carbons (Fsp3) is 0.300. The number of nitrogens with two attached hydrogens (primary N) is 2. The topological polar surface area (TPSA) is 69.1 Å². The van der Waals surface area contributed by atoms with Gasteiger partial charge < -0.3 is 11.5 Å². The van der Waals surface area contributed by atoms with Gasteiger partial charge in [0.25, 0.3) is 0 Å². The number of thioether (sulfide) groups is 1. The lowest BCUT2D eigenvalue weighted by Crippen LogP contribution is -2.10. The number of benzene rings is 1. The van der Waals surface area contributed by atoms with Crippen LogP contribution in [0, 0.1) is 6.92 Å². The van der Waals surface area contributed by atoms with E-state index in [2.05, 4.69) is 0 Å². The van der Waals surface area contributed by atoms with E-state index in [0.29, 0.717) is 6.42 Å². The van der Waals surface area contributed by atoms with Gasteiger partial charge in [0.2, 0.25) is 5.91 Å². The number of carbonyl (C=O) groups is 1. The molecular weight excluding hydrogens is 196 g/mol. The molecule has 76 valence electrons. The van der Waals surface area contributed by atoms with Crippen LogP contribution < -0.4 is 11.5 Å². The molecule has 1 rings (SSSR count). The van der Waals surface area contributed by atoms with Crippen molar-refractivity contribution in [2.75, 3.05) is 11.5 Å². The Kier molecular flexibility index (Phi) is 3.83. The molecule has 0 saturated heterocycles. The summed E-state index contributed by atoms with van der Waals surface area (Å²) in [6.07, 6.45) is 0.411. The number of carbonyl (C=O) groups excluding carboxylic acids is 1. The zero-order chi connectivity index (χ0) is 10.6. The minimum atomic E-state index is -0.260. The Hall–Kier alpha value is -1.16. The summed E-state index contributed by atoms with van der Waals surface area (Å²) in [7, 11) is 0. The largest absolute Gasteiger partial charge is 0.399 e. The molecule has 1 amide bonds. The maximum atomic E-state index is 10.5. The normalized spacial score (nSPS) is 10.1. The molecule has 0 bridgehead atoms. The van der Waals surface area contributed by atoms with Gasteiger partial charge in [-0.1, -0.05) is 0 Å². The van der Waals surface area contributed by atoms with Gasteiger partial charge in [0.1, 0.15) is 0 Å². The number of aryl methyl sites for hydroxylation is 1. The lowest BCUT2D eigenvalue weighted by molar-refractivity contribution is -0.117. The van der Waals surface area contributed by atoms with Crippen LogP contribution in [0.2, 0.25) is 0 Å². The third-order valence-electron chi connectivity index (χ3n) is 1.86. The molecule has 0 aliphatic heterocycles. The number of nitrogen functional groups attached to an aromatic ring is 1. The van der Waals surface area contributed by atoms with Crippen LogP contribution in [0.5, 0.6) is 0 Å². The predicted molar refractivity (Wildman–Crippen MR) is 60.1 cm³/mol. The molecule has 4 heteroatoms. The minimum absolute atomic E-state index is 0.260. The van der Waals surface area contributed by atoms with Gasteiger partial charge in [-0.05, 0) is 30.7 Å². The molecule has 0 aliphatic rings. The molecule has 0 unspecified atom stereocenters. The first kappa shape index (κ1) is 10.9. The number of anilines is 1. The maximum absolute atomic E-state index is 10.5. The molecular formula is C10H14N2OS. The van der Waals surface area contributed by atoms with E-state index in [-0.39, 0.29) is 5.91 Å². The van der Waals surface area contributed by atoms with Gasteiger partial charge in [-0.3, -0.25) is 4.79 Å². The fourth-order valence-corrected chi connectivity index (χ4v) is 1.97. The molecule has 0 radical (unpaired) electrons. The molecule has 4 N–H and O–H groups in total. The maximum Gasteiger partial charge on any atom is 0.218 e. The average molecular weight is 210 g/mol. The van der Waals surface area contributed by atoms with Crippen molar-refractivity contribution >= 4 is 23.4 Å². The van der Waals surface area contributed by atoms with Gasteiger partial charge in [0.15, 0.2) is 0 Å². The van der Waals surface area contributed by atoms with Gasteiger partial charge in [-0.2, -0.15) is 0 Å². The number of primary amides is 1. The monoisotopic (exact) mass is 210 g/mol. The Morgan fingerprint density at radius 1 is 1.50 bits per heavy atom. The van der Waals surface area contributed by atoms with Gasteiger partial charge in [-0.25, -0.2) is 0 Å². The Morgan fingerprint density at radius 3 is 2.79 bits per heavy atom. The molecule has 0 aliphatic carbocycles. The van der Waals surface area contributed by atoms with Crippen LogP contribution in [0.25, 0.3) is 0 Å². The van der Waals surface area contributed by atoms with E-state index in [4.69, 9.17) is 11.5 Å². The second-order valence-electron chi connectivity index (χ2n) is 3.08. The third kappa shape index (κ3) is 3.30. The van der Waals surface area contributed by atoms with E-state index in [1.807, 2.05) is 25.1 Å². The summed E-state index contributed by atoms with van der Waals surface area (Å²) in [6, 6.07) is 5.84. The quantitative estimate of drug-likeness (QED) is 0.585. The summed E-state index contributed by atoms with van der Waals surface area (Å²) < 4.78 is 0. The minimum Gasteiger partial charge on any atom is -0.399 e. The smallest absolute Gasteiger partial charge is 0.218 e.